The second-order valence-electron chi connectivity index (χ2n) is 5.33. The van der Waals surface area contributed by atoms with Crippen molar-refractivity contribution >= 4 is 40.9 Å². The zero-order valence-corrected chi connectivity index (χ0v) is 14.7. The molecule has 1 aliphatic rings. The fourth-order valence-corrected chi connectivity index (χ4v) is 2.90. The quantitative estimate of drug-likeness (QED) is 0.623. The molecule has 1 aromatic carbocycles. The van der Waals surface area contributed by atoms with Gasteiger partial charge in [0.1, 0.15) is 12.6 Å². The molecule has 2 rings (SSSR count). The number of imide groups is 1. The van der Waals surface area contributed by atoms with Crippen molar-refractivity contribution in [2.24, 2.45) is 0 Å². The summed E-state index contributed by atoms with van der Waals surface area (Å²) in [6.07, 6.45) is 1.44. The van der Waals surface area contributed by atoms with Gasteiger partial charge in [-0.15, -0.1) is 0 Å². The van der Waals surface area contributed by atoms with Crippen molar-refractivity contribution in [2.45, 2.75) is 13.0 Å². The van der Waals surface area contributed by atoms with E-state index in [4.69, 9.17) is 9.84 Å². The molecule has 0 spiro atoms. The van der Waals surface area contributed by atoms with E-state index in [1.807, 2.05) is 0 Å². The van der Waals surface area contributed by atoms with Crippen LogP contribution in [0.15, 0.2) is 23.1 Å². The number of carbonyl (C=O) groups excluding carboxylic acids is 3. The predicted molar refractivity (Wildman–Crippen MR) is 92.6 cm³/mol. The van der Waals surface area contributed by atoms with Crippen LogP contribution in [0.3, 0.4) is 0 Å². The molecule has 138 valence electrons. The van der Waals surface area contributed by atoms with Crippen LogP contribution in [0.2, 0.25) is 0 Å². The van der Waals surface area contributed by atoms with E-state index >= 15 is 0 Å². The van der Waals surface area contributed by atoms with E-state index in [0.717, 1.165) is 4.90 Å². The molecular weight excluding hydrogens is 364 g/mol. The van der Waals surface area contributed by atoms with Gasteiger partial charge >= 0.3 is 5.97 Å². The number of nitrogens with one attached hydrogen (secondary N) is 1. The lowest BCUT2D eigenvalue weighted by Gasteiger charge is -2.14. The fourth-order valence-electron chi connectivity index (χ4n) is 2.06. The number of amides is 3. The summed E-state index contributed by atoms with van der Waals surface area (Å²) in [5.74, 6) is -2.50. The first kappa shape index (κ1) is 19.3. The van der Waals surface area contributed by atoms with Crippen molar-refractivity contribution in [1.29, 1.82) is 0 Å². The summed E-state index contributed by atoms with van der Waals surface area (Å²) in [7, 11) is 1.38. The van der Waals surface area contributed by atoms with Crippen molar-refractivity contribution in [2.75, 3.05) is 13.7 Å². The van der Waals surface area contributed by atoms with E-state index < -0.39 is 35.6 Å². The highest BCUT2D eigenvalue weighted by Gasteiger charge is 2.36. The Balaban J connectivity index is 2.13. The molecule has 1 atom stereocenters. The third kappa shape index (κ3) is 4.33. The normalized spacial score (nSPS) is 16.7. The third-order valence-electron chi connectivity index (χ3n) is 3.42. The number of thioether (sulfide) groups is 1. The second kappa shape index (κ2) is 7.91. The van der Waals surface area contributed by atoms with Crippen molar-refractivity contribution in [3.05, 3.63) is 28.7 Å². The van der Waals surface area contributed by atoms with Gasteiger partial charge in [-0.05, 0) is 42.5 Å². The highest BCUT2D eigenvalue weighted by molar-refractivity contribution is 8.18. The van der Waals surface area contributed by atoms with E-state index in [2.05, 4.69) is 5.32 Å². The highest BCUT2D eigenvalue weighted by Crippen LogP contribution is 2.33. The predicted octanol–water partition coefficient (Wildman–Crippen LogP) is 1.03. The Labute approximate surface area is 152 Å². The summed E-state index contributed by atoms with van der Waals surface area (Å²) >= 11 is 0.660. The van der Waals surface area contributed by atoms with E-state index in [0.29, 0.717) is 17.3 Å². The minimum absolute atomic E-state index is 0.0676. The zero-order chi connectivity index (χ0) is 19.4. The van der Waals surface area contributed by atoms with Gasteiger partial charge in [0.05, 0.1) is 12.0 Å². The van der Waals surface area contributed by atoms with E-state index in [1.54, 1.807) is 0 Å². The van der Waals surface area contributed by atoms with E-state index in [1.165, 1.54) is 38.3 Å². The number of carboxylic acid groups (broad SMARTS) is 1. The monoisotopic (exact) mass is 380 g/mol. The maximum absolute atomic E-state index is 12.3. The van der Waals surface area contributed by atoms with Gasteiger partial charge in [0, 0.05) is 0 Å². The number of hydrogen-bond donors (Lipinski definition) is 3. The summed E-state index contributed by atoms with van der Waals surface area (Å²) in [6, 6.07) is 3.27. The molecule has 1 unspecified atom stereocenters. The Kier molecular flexibility index (Phi) is 5.88. The number of methoxy groups -OCH3 is 1. The van der Waals surface area contributed by atoms with Crippen molar-refractivity contribution < 1.29 is 34.1 Å². The van der Waals surface area contributed by atoms with Gasteiger partial charge in [-0.2, -0.15) is 0 Å². The fraction of sp³-hybridized carbons (Fsp3) is 0.250. The second-order valence-corrected chi connectivity index (χ2v) is 6.32. The minimum Gasteiger partial charge on any atom is -0.504 e. The maximum atomic E-state index is 12.3. The van der Waals surface area contributed by atoms with Crippen molar-refractivity contribution in [1.82, 2.24) is 10.2 Å². The largest absolute Gasteiger partial charge is 0.504 e. The molecule has 3 amide bonds. The molecule has 3 N–H and O–H groups in total. The molecule has 0 aromatic heterocycles. The molecule has 1 heterocycles. The van der Waals surface area contributed by atoms with Crippen LogP contribution in [0, 0.1) is 0 Å². The number of nitrogens with zero attached hydrogens (tertiary/aromatic N) is 1. The van der Waals surface area contributed by atoms with Gasteiger partial charge in [0.15, 0.2) is 11.5 Å². The lowest BCUT2D eigenvalue weighted by molar-refractivity contribution is -0.141. The van der Waals surface area contributed by atoms with Crippen LogP contribution in [-0.4, -0.2) is 57.8 Å². The topological polar surface area (TPSA) is 133 Å². The SMILES string of the molecule is COc1cc(/C=C2\SC(=O)N(CC(=O)NC(C)C(=O)O)C2=O)ccc1O. The number of aliphatic carboxylic acids is 1. The Bertz CT molecular complexity index is 806. The average Bonchev–Trinajstić information content (AvgIpc) is 2.83. The molecule has 9 nitrogen and oxygen atoms in total. The first-order valence-corrected chi connectivity index (χ1v) is 8.19. The summed E-state index contributed by atoms with van der Waals surface area (Å²) < 4.78 is 4.98. The van der Waals surface area contributed by atoms with Crippen molar-refractivity contribution in [3.8, 4) is 11.5 Å². The number of phenolic OH excluding ortho intramolecular Hbond substituents is 1. The molecule has 0 aliphatic carbocycles. The number of ether oxygens (including phenoxy) is 1. The first-order valence-electron chi connectivity index (χ1n) is 7.37. The first-order chi connectivity index (χ1) is 12.2. The Morgan fingerprint density at radius 2 is 2.08 bits per heavy atom. The van der Waals surface area contributed by atoms with Crippen LogP contribution < -0.4 is 10.1 Å². The number of hydrogen-bond acceptors (Lipinski definition) is 7. The van der Waals surface area contributed by atoms with Gasteiger partial charge in [-0.25, -0.2) is 0 Å². The molecule has 0 saturated carbocycles. The van der Waals surface area contributed by atoms with Crippen LogP contribution >= 0.6 is 11.8 Å². The Hall–Kier alpha value is -3.01. The molecule has 1 aromatic rings. The molecule has 26 heavy (non-hydrogen) atoms. The number of carbonyl (C=O) groups is 4. The van der Waals surface area contributed by atoms with Crippen LogP contribution in [0.25, 0.3) is 6.08 Å². The lowest BCUT2D eigenvalue weighted by Crippen LogP contribution is -2.45. The minimum atomic E-state index is -1.23. The zero-order valence-electron chi connectivity index (χ0n) is 13.9. The van der Waals surface area contributed by atoms with E-state index in [-0.39, 0.29) is 16.4 Å². The van der Waals surface area contributed by atoms with E-state index in [9.17, 15) is 24.3 Å². The summed E-state index contributed by atoms with van der Waals surface area (Å²) in [6.45, 7) is 0.699. The molecule has 10 heteroatoms. The van der Waals surface area contributed by atoms with Gasteiger partial charge in [-0.1, -0.05) is 6.07 Å². The summed E-state index contributed by atoms with van der Waals surface area (Å²) in [4.78, 5) is 47.7. The molecule has 1 saturated heterocycles. The number of aromatic hydroxyl groups is 1. The van der Waals surface area contributed by atoms with Gasteiger partial charge in [0.2, 0.25) is 5.91 Å². The molecule has 0 radical (unpaired) electrons. The van der Waals surface area contributed by atoms with Crippen LogP contribution in [0.4, 0.5) is 4.79 Å². The van der Waals surface area contributed by atoms with Crippen LogP contribution in [0.5, 0.6) is 11.5 Å². The Morgan fingerprint density at radius 3 is 2.69 bits per heavy atom. The standard InChI is InChI=1S/C16H16N2O7S/c1-8(15(22)23)17-13(20)7-18-14(21)12(26-16(18)24)6-9-3-4-10(19)11(5-9)25-2/h3-6,8,19H,7H2,1-2H3,(H,17,20)(H,22,23)/b12-6-. The Morgan fingerprint density at radius 1 is 1.38 bits per heavy atom. The smallest absolute Gasteiger partial charge is 0.325 e. The van der Waals surface area contributed by atoms with Gasteiger partial charge < -0.3 is 20.3 Å². The average molecular weight is 380 g/mol. The summed E-state index contributed by atoms with van der Waals surface area (Å²) in [5.41, 5.74) is 0.522. The number of carboxylic acids is 1. The molecular formula is C16H16N2O7S. The third-order valence-corrected chi connectivity index (χ3v) is 4.33. The maximum Gasteiger partial charge on any atom is 0.325 e. The number of benzene rings is 1. The van der Waals surface area contributed by atoms with Crippen LogP contribution in [0.1, 0.15) is 12.5 Å². The highest BCUT2D eigenvalue weighted by atomic mass is 32.2. The number of rotatable bonds is 6. The molecule has 1 fully saturated rings. The van der Waals surface area contributed by atoms with Gasteiger partial charge in [0.25, 0.3) is 11.1 Å². The lowest BCUT2D eigenvalue weighted by atomic mass is 10.2. The molecule has 1 aliphatic heterocycles. The van der Waals surface area contributed by atoms with Crippen LogP contribution in [-0.2, 0) is 14.4 Å². The molecule has 0 bridgehead atoms. The number of phenols is 1. The van der Waals surface area contributed by atoms with Gasteiger partial charge in [-0.3, -0.25) is 24.1 Å². The summed E-state index contributed by atoms with van der Waals surface area (Å²) in [5, 5.41) is 19.9. The van der Waals surface area contributed by atoms with Crippen molar-refractivity contribution in [3.63, 3.8) is 0 Å².